The van der Waals surface area contributed by atoms with Crippen molar-refractivity contribution < 1.29 is 9.53 Å². The van der Waals surface area contributed by atoms with Crippen LogP contribution in [0.1, 0.15) is 22.6 Å². The van der Waals surface area contributed by atoms with Gasteiger partial charge in [-0.05, 0) is 25.5 Å². The molecule has 0 radical (unpaired) electrons. The highest BCUT2D eigenvalue weighted by atomic mass is 16.5. The van der Waals surface area contributed by atoms with Crippen molar-refractivity contribution in [1.82, 2.24) is 15.6 Å². The van der Waals surface area contributed by atoms with Crippen molar-refractivity contribution in [2.75, 3.05) is 44.3 Å². The van der Waals surface area contributed by atoms with E-state index in [1.54, 1.807) is 0 Å². The Kier molecular flexibility index (Phi) is 4.36. The maximum absolute atomic E-state index is 12.2. The topological polar surface area (TPSA) is 66.5 Å². The summed E-state index contributed by atoms with van der Waals surface area (Å²) in [6.07, 6.45) is 0.879. The van der Waals surface area contributed by atoms with Crippen molar-refractivity contribution in [2.24, 2.45) is 0 Å². The van der Waals surface area contributed by atoms with Crippen molar-refractivity contribution in [3.8, 4) is 0 Å². The summed E-state index contributed by atoms with van der Waals surface area (Å²) >= 11 is 0. The summed E-state index contributed by atoms with van der Waals surface area (Å²) in [6.45, 7) is 7.23. The molecule has 21 heavy (non-hydrogen) atoms. The number of aryl methyl sites for hydroxylation is 1. The fourth-order valence-electron chi connectivity index (χ4n) is 2.83. The van der Waals surface area contributed by atoms with Gasteiger partial charge in [0.1, 0.15) is 5.69 Å². The van der Waals surface area contributed by atoms with Crippen LogP contribution in [0.15, 0.2) is 12.1 Å². The summed E-state index contributed by atoms with van der Waals surface area (Å²) in [6, 6.07) is 3.94. The Balaban J connectivity index is 1.69. The third-order valence-electron chi connectivity index (χ3n) is 4.01. The van der Waals surface area contributed by atoms with Gasteiger partial charge in [0.15, 0.2) is 0 Å². The largest absolute Gasteiger partial charge is 0.379 e. The lowest BCUT2D eigenvalue weighted by Gasteiger charge is -2.30. The molecule has 1 aromatic heterocycles. The predicted molar refractivity (Wildman–Crippen MR) is 80.7 cm³/mol. The van der Waals surface area contributed by atoms with Gasteiger partial charge in [-0.2, -0.15) is 0 Å². The van der Waals surface area contributed by atoms with Crippen LogP contribution in [0, 0.1) is 6.92 Å². The van der Waals surface area contributed by atoms with E-state index in [-0.39, 0.29) is 11.9 Å². The number of amides is 1. The van der Waals surface area contributed by atoms with Crippen molar-refractivity contribution in [3.63, 3.8) is 0 Å². The maximum atomic E-state index is 12.2. The van der Waals surface area contributed by atoms with Crippen LogP contribution < -0.4 is 15.5 Å². The van der Waals surface area contributed by atoms with E-state index in [2.05, 4.69) is 20.5 Å². The smallest absolute Gasteiger partial charge is 0.270 e. The maximum Gasteiger partial charge on any atom is 0.270 e. The minimum atomic E-state index is -0.111. The predicted octanol–water partition coefficient (Wildman–Crippen LogP) is 0.318. The number of ether oxygens (including phenoxy) is 1. The molecule has 0 spiro atoms. The Labute approximate surface area is 124 Å². The molecule has 0 aliphatic carbocycles. The summed E-state index contributed by atoms with van der Waals surface area (Å²) in [4.78, 5) is 19.0. The van der Waals surface area contributed by atoms with Crippen LogP contribution in [0.25, 0.3) is 0 Å². The molecule has 1 amide bonds. The quantitative estimate of drug-likeness (QED) is 0.839. The number of carbonyl (C=O) groups is 1. The van der Waals surface area contributed by atoms with Gasteiger partial charge >= 0.3 is 0 Å². The van der Waals surface area contributed by atoms with E-state index in [1.807, 2.05) is 19.1 Å². The molecular weight excluding hydrogens is 268 g/mol. The molecule has 1 atom stereocenters. The minimum Gasteiger partial charge on any atom is -0.379 e. The van der Waals surface area contributed by atoms with Gasteiger partial charge in [0, 0.05) is 32.8 Å². The van der Waals surface area contributed by atoms with E-state index in [4.69, 9.17) is 4.74 Å². The molecule has 0 unspecified atom stereocenters. The zero-order valence-electron chi connectivity index (χ0n) is 12.4. The summed E-state index contributed by atoms with van der Waals surface area (Å²) in [5.41, 5.74) is 2.52. The molecule has 6 heteroatoms. The first-order valence-electron chi connectivity index (χ1n) is 7.56. The molecule has 3 rings (SSSR count). The second kappa shape index (κ2) is 6.41. The Bertz CT molecular complexity index is 508. The SMILES string of the molecule is Cc1nc(C(=O)N[C@@H]2CCOC2)ccc1N1CCNCC1. The highest BCUT2D eigenvalue weighted by Gasteiger charge is 2.20. The van der Waals surface area contributed by atoms with Crippen LogP contribution >= 0.6 is 0 Å². The molecule has 0 aromatic carbocycles. The van der Waals surface area contributed by atoms with Crippen LogP contribution in [-0.2, 0) is 4.74 Å². The highest BCUT2D eigenvalue weighted by Crippen LogP contribution is 2.19. The number of anilines is 1. The lowest BCUT2D eigenvalue weighted by atomic mass is 10.2. The van der Waals surface area contributed by atoms with Gasteiger partial charge in [-0.15, -0.1) is 0 Å². The molecule has 2 N–H and O–H groups in total. The first-order chi connectivity index (χ1) is 10.2. The van der Waals surface area contributed by atoms with Gasteiger partial charge < -0.3 is 20.3 Å². The monoisotopic (exact) mass is 290 g/mol. The molecular formula is C15H22N4O2. The number of carbonyl (C=O) groups excluding carboxylic acids is 1. The van der Waals surface area contributed by atoms with E-state index in [0.717, 1.165) is 50.6 Å². The molecule has 2 aliphatic heterocycles. The summed E-state index contributed by atoms with van der Waals surface area (Å²) in [5, 5.41) is 6.31. The lowest BCUT2D eigenvalue weighted by Crippen LogP contribution is -2.44. The molecule has 0 bridgehead atoms. The number of nitrogens with one attached hydrogen (secondary N) is 2. The zero-order chi connectivity index (χ0) is 14.7. The first-order valence-corrected chi connectivity index (χ1v) is 7.56. The second-order valence-corrected chi connectivity index (χ2v) is 5.57. The van der Waals surface area contributed by atoms with Crippen molar-refractivity contribution >= 4 is 11.6 Å². The van der Waals surface area contributed by atoms with Crippen LogP contribution in [0.3, 0.4) is 0 Å². The second-order valence-electron chi connectivity index (χ2n) is 5.57. The van der Waals surface area contributed by atoms with Gasteiger partial charge in [0.25, 0.3) is 5.91 Å². The summed E-state index contributed by atoms with van der Waals surface area (Å²) in [7, 11) is 0. The van der Waals surface area contributed by atoms with Gasteiger partial charge in [-0.3, -0.25) is 4.79 Å². The average Bonchev–Trinajstić information content (AvgIpc) is 3.01. The Morgan fingerprint density at radius 1 is 1.43 bits per heavy atom. The Morgan fingerprint density at radius 3 is 2.90 bits per heavy atom. The standard InChI is InChI=1S/C15H22N4O2/c1-11-14(19-7-5-16-6-8-19)3-2-13(17-11)15(20)18-12-4-9-21-10-12/h2-3,12,16H,4-10H2,1H3,(H,18,20)/t12-/m1/s1. The van der Waals surface area contributed by atoms with E-state index in [1.165, 1.54) is 0 Å². The van der Waals surface area contributed by atoms with Gasteiger partial charge in [0.05, 0.1) is 24.0 Å². The Hall–Kier alpha value is -1.66. The van der Waals surface area contributed by atoms with Gasteiger partial charge in [-0.1, -0.05) is 0 Å². The molecule has 6 nitrogen and oxygen atoms in total. The van der Waals surface area contributed by atoms with Crippen molar-refractivity contribution in [2.45, 2.75) is 19.4 Å². The molecule has 3 heterocycles. The van der Waals surface area contributed by atoms with E-state index < -0.39 is 0 Å². The first kappa shape index (κ1) is 14.3. The number of piperazine rings is 1. The Morgan fingerprint density at radius 2 is 2.24 bits per heavy atom. The molecule has 2 aliphatic rings. The van der Waals surface area contributed by atoms with Gasteiger partial charge in [0.2, 0.25) is 0 Å². The number of pyridine rings is 1. The van der Waals surface area contributed by atoms with Crippen LogP contribution in [0.5, 0.6) is 0 Å². The third-order valence-corrected chi connectivity index (χ3v) is 4.01. The van der Waals surface area contributed by atoms with E-state index in [9.17, 15) is 4.79 Å². The van der Waals surface area contributed by atoms with Crippen molar-refractivity contribution in [3.05, 3.63) is 23.5 Å². The fourth-order valence-corrected chi connectivity index (χ4v) is 2.83. The molecule has 0 saturated carbocycles. The molecule has 2 fully saturated rings. The molecule has 114 valence electrons. The highest BCUT2D eigenvalue weighted by molar-refractivity contribution is 5.92. The lowest BCUT2D eigenvalue weighted by molar-refractivity contribution is 0.0924. The average molecular weight is 290 g/mol. The van der Waals surface area contributed by atoms with Gasteiger partial charge in [-0.25, -0.2) is 4.98 Å². The fraction of sp³-hybridized carbons (Fsp3) is 0.600. The number of hydrogen-bond acceptors (Lipinski definition) is 5. The normalized spacial score (nSPS) is 22.3. The van der Waals surface area contributed by atoms with E-state index >= 15 is 0 Å². The van der Waals surface area contributed by atoms with Crippen LogP contribution in [0.4, 0.5) is 5.69 Å². The van der Waals surface area contributed by atoms with Crippen molar-refractivity contribution in [1.29, 1.82) is 0 Å². The number of nitrogens with zero attached hydrogens (tertiary/aromatic N) is 2. The number of hydrogen-bond donors (Lipinski definition) is 2. The minimum absolute atomic E-state index is 0.111. The van der Waals surface area contributed by atoms with E-state index in [0.29, 0.717) is 12.3 Å². The number of rotatable bonds is 3. The molecule has 2 saturated heterocycles. The zero-order valence-corrected chi connectivity index (χ0v) is 12.4. The summed E-state index contributed by atoms with van der Waals surface area (Å²) < 4.78 is 5.27. The molecule has 1 aromatic rings. The summed E-state index contributed by atoms with van der Waals surface area (Å²) in [5.74, 6) is -0.111. The van der Waals surface area contributed by atoms with Crippen LogP contribution in [-0.4, -0.2) is 56.3 Å². The van der Waals surface area contributed by atoms with Crippen LogP contribution in [0.2, 0.25) is 0 Å². The number of aromatic nitrogens is 1. The third kappa shape index (κ3) is 3.33.